The molecule has 0 atom stereocenters. The van der Waals surface area contributed by atoms with Crippen molar-refractivity contribution in [2.75, 3.05) is 0 Å². The molecule has 5 heterocycles. The van der Waals surface area contributed by atoms with Gasteiger partial charge in [0.05, 0.1) is 12.3 Å². The minimum atomic E-state index is 0.798. The number of hydrogen-bond donors (Lipinski definition) is 0. The Bertz CT molecular complexity index is 951. The lowest BCUT2D eigenvalue weighted by Gasteiger charge is -1.90. The summed E-state index contributed by atoms with van der Waals surface area (Å²) < 4.78 is 10.2. The Morgan fingerprint density at radius 3 is 3.16 bits per heavy atom. The zero-order chi connectivity index (χ0) is 12.4. The Kier molecular flexibility index (Phi) is 1.46. The summed E-state index contributed by atoms with van der Waals surface area (Å²) in [4.78, 5) is 8.76. The molecule has 4 aromatic heterocycles. The molecule has 19 heavy (non-hydrogen) atoms. The molecule has 0 N–H and O–H groups in total. The highest BCUT2D eigenvalue weighted by molar-refractivity contribution is 5.77. The fourth-order valence-electron chi connectivity index (χ4n) is 2.81. The van der Waals surface area contributed by atoms with Crippen LogP contribution < -0.4 is 4.57 Å². The molecule has 4 aromatic rings. The van der Waals surface area contributed by atoms with Crippen LogP contribution in [-0.2, 0) is 6.54 Å². The van der Waals surface area contributed by atoms with Crippen molar-refractivity contribution >= 4 is 16.9 Å². The van der Waals surface area contributed by atoms with Crippen molar-refractivity contribution in [1.82, 2.24) is 14.4 Å². The maximum absolute atomic E-state index is 5.96. The molecule has 0 saturated carbocycles. The zero-order valence-corrected chi connectivity index (χ0v) is 9.95. The van der Waals surface area contributed by atoms with E-state index in [0.29, 0.717) is 0 Å². The summed E-state index contributed by atoms with van der Waals surface area (Å²) in [5.74, 6) is 0.832. The van der Waals surface area contributed by atoms with Crippen LogP contribution in [0.2, 0.25) is 0 Å². The van der Waals surface area contributed by atoms with Gasteiger partial charge in [-0.15, -0.1) is 0 Å². The lowest BCUT2D eigenvalue weighted by Crippen LogP contribution is -2.31. The lowest BCUT2D eigenvalue weighted by atomic mass is 10.2. The smallest absolute Gasteiger partial charge is 0.335 e. The molecule has 0 radical (unpaired) electrons. The van der Waals surface area contributed by atoms with Crippen LogP contribution in [-0.4, -0.2) is 14.4 Å². The van der Waals surface area contributed by atoms with Gasteiger partial charge in [-0.25, -0.2) is 9.97 Å². The predicted octanol–water partition coefficient (Wildman–Crippen LogP) is 1.79. The minimum Gasteiger partial charge on any atom is -0.412 e. The molecule has 5 nitrogen and oxygen atoms in total. The highest BCUT2D eigenvalue weighted by Crippen LogP contribution is 2.30. The second-order valence-corrected chi connectivity index (χ2v) is 4.68. The molecular weight excluding hydrogens is 240 g/mol. The van der Waals surface area contributed by atoms with Gasteiger partial charge in [0.15, 0.2) is 5.69 Å². The summed E-state index contributed by atoms with van der Waals surface area (Å²) in [6.45, 7) is 0.798. The molecule has 0 saturated heterocycles. The summed E-state index contributed by atoms with van der Waals surface area (Å²) in [6.07, 6.45) is 5.59. The van der Waals surface area contributed by atoms with Crippen molar-refractivity contribution in [2.24, 2.45) is 0 Å². The molecule has 0 fully saturated rings. The van der Waals surface area contributed by atoms with Crippen LogP contribution in [0, 0.1) is 0 Å². The van der Waals surface area contributed by atoms with Gasteiger partial charge in [-0.1, -0.05) is 6.07 Å². The normalized spacial score (nSPS) is 13.1. The third kappa shape index (κ3) is 1.03. The Morgan fingerprint density at radius 2 is 2.16 bits per heavy atom. The van der Waals surface area contributed by atoms with E-state index in [-0.39, 0.29) is 0 Å². The Hall–Kier alpha value is -2.69. The molecule has 0 unspecified atom stereocenters. The summed E-state index contributed by atoms with van der Waals surface area (Å²) in [7, 11) is 0. The maximum atomic E-state index is 5.96. The highest BCUT2D eigenvalue weighted by Gasteiger charge is 2.33. The summed E-state index contributed by atoms with van der Waals surface area (Å²) in [6, 6.07) is 7.93. The van der Waals surface area contributed by atoms with Crippen LogP contribution in [0.4, 0.5) is 0 Å². The molecule has 0 aliphatic carbocycles. The van der Waals surface area contributed by atoms with Crippen molar-refractivity contribution in [3.8, 4) is 11.6 Å². The Labute approximate surface area is 107 Å². The molecule has 0 aromatic carbocycles. The van der Waals surface area contributed by atoms with Crippen LogP contribution >= 0.6 is 0 Å². The first-order valence-corrected chi connectivity index (χ1v) is 6.14. The number of nitrogens with zero attached hydrogens (tertiary/aromatic N) is 4. The third-order valence-electron chi connectivity index (χ3n) is 3.61. The van der Waals surface area contributed by atoms with Gasteiger partial charge in [-0.3, -0.25) is 0 Å². The number of hydrogen-bond acceptors (Lipinski definition) is 3. The van der Waals surface area contributed by atoms with Gasteiger partial charge in [0.2, 0.25) is 11.2 Å². The minimum absolute atomic E-state index is 0.798. The van der Waals surface area contributed by atoms with Gasteiger partial charge in [-0.2, -0.15) is 8.97 Å². The standard InChI is InChI=1S/C14H9N4O/c1-3-9-8-18-13-10(19-14(18)12(9)16-4-1)7-11-15-5-2-6-17(11)13/h1-7H,8H2/q+1. The molecule has 5 rings (SSSR count). The number of pyridine rings is 1. The first-order valence-electron chi connectivity index (χ1n) is 6.14. The first kappa shape index (κ1) is 9.27. The highest BCUT2D eigenvalue weighted by atomic mass is 16.4. The number of oxazole rings is 1. The molecule has 0 amide bonds. The topological polar surface area (TPSA) is 47.2 Å². The molecule has 5 heteroatoms. The fourth-order valence-corrected chi connectivity index (χ4v) is 2.81. The predicted molar refractivity (Wildman–Crippen MR) is 67.5 cm³/mol. The average Bonchev–Trinajstić information content (AvgIpc) is 3.05. The van der Waals surface area contributed by atoms with Crippen molar-refractivity contribution in [1.29, 1.82) is 0 Å². The van der Waals surface area contributed by atoms with Gasteiger partial charge < -0.3 is 4.42 Å². The van der Waals surface area contributed by atoms with Gasteiger partial charge >= 0.3 is 11.5 Å². The average molecular weight is 249 g/mol. The zero-order valence-electron chi connectivity index (χ0n) is 9.95. The van der Waals surface area contributed by atoms with E-state index in [0.717, 1.165) is 35.0 Å². The van der Waals surface area contributed by atoms with E-state index in [2.05, 4.69) is 20.6 Å². The molecule has 1 aliphatic rings. The van der Waals surface area contributed by atoms with Crippen LogP contribution in [0.25, 0.3) is 28.5 Å². The van der Waals surface area contributed by atoms with Crippen molar-refractivity contribution in [2.45, 2.75) is 6.54 Å². The molecule has 0 spiro atoms. The Balaban J connectivity index is 1.94. The van der Waals surface area contributed by atoms with Gasteiger partial charge in [-0.05, 0) is 12.1 Å². The molecular formula is C14H9N4O+. The molecule has 90 valence electrons. The van der Waals surface area contributed by atoms with E-state index < -0.39 is 0 Å². The third-order valence-corrected chi connectivity index (χ3v) is 3.61. The number of rotatable bonds is 0. The molecule has 0 bridgehead atoms. The van der Waals surface area contributed by atoms with E-state index in [1.807, 2.05) is 28.8 Å². The second kappa shape index (κ2) is 3.00. The largest absolute Gasteiger partial charge is 0.412 e. The maximum Gasteiger partial charge on any atom is 0.335 e. The fraction of sp³-hybridized carbons (Fsp3) is 0.0714. The van der Waals surface area contributed by atoms with Crippen molar-refractivity contribution < 1.29 is 8.98 Å². The second-order valence-electron chi connectivity index (χ2n) is 4.68. The number of aromatic nitrogens is 4. The van der Waals surface area contributed by atoms with Crippen LogP contribution in [0.5, 0.6) is 0 Å². The van der Waals surface area contributed by atoms with Crippen LogP contribution in [0.3, 0.4) is 0 Å². The van der Waals surface area contributed by atoms with E-state index >= 15 is 0 Å². The van der Waals surface area contributed by atoms with E-state index in [1.54, 1.807) is 12.4 Å². The summed E-state index contributed by atoms with van der Waals surface area (Å²) >= 11 is 0. The van der Waals surface area contributed by atoms with E-state index in [4.69, 9.17) is 4.42 Å². The van der Waals surface area contributed by atoms with Gasteiger partial charge in [0, 0.05) is 18.0 Å². The monoisotopic (exact) mass is 249 g/mol. The Morgan fingerprint density at radius 1 is 1.21 bits per heavy atom. The van der Waals surface area contributed by atoms with E-state index in [1.165, 1.54) is 5.56 Å². The lowest BCUT2D eigenvalue weighted by molar-refractivity contribution is -0.651. The SMILES string of the molecule is c1cnc2c(c1)C[n+]1c-2oc2cc3ncccn3c21. The van der Waals surface area contributed by atoms with Crippen molar-refractivity contribution in [3.05, 3.63) is 48.4 Å². The van der Waals surface area contributed by atoms with Crippen LogP contribution in [0.1, 0.15) is 5.56 Å². The van der Waals surface area contributed by atoms with Gasteiger partial charge in [0.25, 0.3) is 0 Å². The quantitative estimate of drug-likeness (QED) is 0.393. The van der Waals surface area contributed by atoms with E-state index in [9.17, 15) is 0 Å². The summed E-state index contributed by atoms with van der Waals surface area (Å²) in [5, 5.41) is 0. The summed E-state index contributed by atoms with van der Waals surface area (Å²) in [5.41, 5.74) is 4.93. The molecule has 1 aliphatic heterocycles. The van der Waals surface area contributed by atoms with Gasteiger partial charge in [0.1, 0.15) is 6.54 Å². The first-order chi connectivity index (χ1) is 9.42. The number of fused-ring (bicyclic) bond motifs is 7. The van der Waals surface area contributed by atoms with Crippen LogP contribution in [0.15, 0.2) is 47.3 Å². The van der Waals surface area contributed by atoms with Crippen molar-refractivity contribution in [3.63, 3.8) is 0 Å².